The lowest BCUT2D eigenvalue weighted by atomic mass is 9.89. The van der Waals surface area contributed by atoms with Crippen molar-refractivity contribution in [3.63, 3.8) is 0 Å². The monoisotopic (exact) mass is 524 g/mol. The van der Waals surface area contributed by atoms with Crippen LogP contribution < -0.4 is 10.4 Å². The minimum absolute atomic E-state index is 0. The summed E-state index contributed by atoms with van der Waals surface area (Å²) >= 11 is 0. The highest BCUT2D eigenvalue weighted by Crippen LogP contribution is 2.34. The molecule has 0 bridgehead atoms. The number of hydroxylamine groups is 1. The molecule has 1 atom stereocenters. The van der Waals surface area contributed by atoms with Gasteiger partial charge in [0.15, 0.2) is 18.5 Å². The highest BCUT2D eigenvalue weighted by Gasteiger charge is 2.27. The van der Waals surface area contributed by atoms with Crippen LogP contribution in [0.2, 0.25) is 0 Å². The van der Waals surface area contributed by atoms with Crippen molar-refractivity contribution in [1.82, 2.24) is 15.4 Å². The predicted octanol–water partition coefficient (Wildman–Crippen LogP) is 4.18. The van der Waals surface area contributed by atoms with Gasteiger partial charge in [0, 0.05) is 37.1 Å². The van der Waals surface area contributed by atoms with E-state index in [4.69, 9.17) is 10.5 Å². The zero-order valence-electron chi connectivity index (χ0n) is 20.5. The highest BCUT2D eigenvalue weighted by molar-refractivity contribution is 5.92. The Hall–Kier alpha value is -3.69. The Bertz CT molecular complexity index is 1070. The van der Waals surface area contributed by atoms with Crippen LogP contribution in [0.3, 0.4) is 0 Å². The Labute approximate surface area is 213 Å². The standard InChI is InChI=1S/C23H29N5O2.C2HFO2.2FH/c1-27-16-18(20-8-4-5-9-21(20)27)7-3-2-6-17-10-12-28(13-11-17)23-24-14-19(15-25-23)22(29)26-30;3-1-2-5-4;;/h4-5,8-9,14-18H,2-3,6-7,10-13H2,1H3,(H-,26,29,30);4H;2*1H/p+1. The normalized spacial score (nSPS) is 15.8. The molecule has 0 saturated carbocycles. The number of anilines is 1. The van der Waals surface area contributed by atoms with Gasteiger partial charge < -0.3 is 4.90 Å². The number of nitrogens with zero attached hydrogens (tertiary/aromatic N) is 4. The van der Waals surface area contributed by atoms with E-state index < -0.39 is 5.91 Å². The number of rotatable bonds is 7. The number of benzene rings is 1. The molecule has 0 spiro atoms. The van der Waals surface area contributed by atoms with Crippen molar-refractivity contribution in [2.45, 2.75) is 44.4 Å². The van der Waals surface area contributed by atoms with Crippen molar-refractivity contribution in [3.8, 4) is 12.3 Å². The fourth-order valence-corrected chi connectivity index (χ4v) is 4.69. The number of nitrogens with one attached hydrogen (secondary N) is 1. The van der Waals surface area contributed by atoms with Crippen molar-refractivity contribution in [3.05, 3.63) is 47.8 Å². The smallest absolute Gasteiger partial charge is 0.277 e. The third-order valence-corrected chi connectivity index (χ3v) is 6.48. The number of piperidine rings is 1. The Morgan fingerprint density at radius 3 is 2.43 bits per heavy atom. The molecule has 1 aromatic heterocycles. The molecule has 37 heavy (non-hydrogen) atoms. The number of unbranched alkanes of at least 4 members (excludes halogenated alkanes) is 1. The molecule has 9 nitrogen and oxygen atoms in total. The zero-order chi connectivity index (χ0) is 25.0. The van der Waals surface area contributed by atoms with Gasteiger partial charge in [-0.1, -0.05) is 37.5 Å². The van der Waals surface area contributed by atoms with Gasteiger partial charge >= 0.3 is 0 Å². The van der Waals surface area contributed by atoms with Crippen LogP contribution in [0.1, 0.15) is 60.4 Å². The van der Waals surface area contributed by atoms with E-state index in [1.54, 1.807) is 5.48 Å². The first-order chi connectivity index (χ1) is 17.1. The molecule has 3 N–H and O–H groups in total. The number of carbonyl (C=O) groups is 1. The number of fused-ring (bicyclic) bond motifs is 1. The number of aromatic nitrogens is 2. The number of amides is 1. The van der Waals surface area contributed by atoms with E-state index in [-0.39, 0.29) is 15.0 Å². The molecule has 0 aliphatic carbocycles. The maximum Gasteiger partial charge on any atom is 0.277 e. The van der Waals surface area contributed by atoms with E-state index in [1.807, 2.05) is 0 Å². The van der Waals surface area contributed by atoms with Crippen LogP contribution in [0.25, 0.3) is 0 Å². The van der Waals surface area contributed by atoms with E-state index in [0.717, 1.165) is 38.0 Å². The van der Waals surface area contributed by atoms with Crippen LogP contribution in [0.5, 0.6) is 0 Å². The minimum Gasteiger partial charge on any atom is -0.341 e. The number of hydrogen-bond acceptors (Lipinski definition) is 7. The van der Waals surface area contributed by atoms with Crippen LogP contribution in [0.4, 0.5) is 25.4 Å². The van der Waals surface area contributed by atoms with Crippen molar-refractivity contribution in [1.29, 1.82) is 0 Å². The van der Waals surface area contributed by atoms with Gasteiger partial charge in [-0.05, 0) is 25.2 Å². The maximum absolute atomic E-state index is 11.4. The van der Waals surface area contributed by atoms with E-state index in [2.05, 4.69) is 61.9 Å². The van der Waals surface area contributed by atoms with Gasteiger partial charge in [0.1, 0.15) is 7.05 Å². The largest absolute Gasteiger partial charge is 0.341 e. The molecule has 2 aliphatic heterocycles. The third kappa shape index (κ3) is 8.73. The molecule has 0 radical (unpaired) electrons. The topological polar surface area (TPSA) is 111 Å². The second-order valence-electron chi connectivity index (χ2n) is 8.64. The molecule has 2 aromatic rings. The van der Waals surface area contributed by atoms with Gasteiger partial charge in [-0.15, -0.1) is 4.39 Å². The average Bonchev–Trinajstić information content (AvgIpc) is 3.23. The summed E-state index contributed by atoms with van der Waals surface area (Å²) in [6, 6.07) is 8.73. The van der Waals surface area contributed by atoms with Crippen molar-refractivity contribution in [2.75, 3.05) is 25.0 Å². The van der Waals surface area contributed by atoms with Crippen LogP contribution in [0, 0.1) is 18.2 Å². The lowest BCUT2D eigenvalue weighted by Gasteiger charge is -2.32. The average molecular weight is 525 g/mol. The van der Waals surface area contributed by atoms with Crippen molar-refractivity contribution < 1.29 is 38.5 Å². The fraction of sp³-hybridized carbons (Fsp3) is 0.440. The molecule has 4 rings (SSSR count). The zero-order valence-corrected chi connectivity index (χ0v) is 20.5. The maximum atomic E-state index is 11.4. The Kier molecular flexibility index (Phi) is 13.7. The summed E-state index contributed by atoms with van der Waals surface area (Å²) in [6.45, 7) is 1.90. The van der Waals surface area contributed by atoms with Crippen molar-refractivity contribution >= 4 is 23.8 Å². The number of hydrogen-bond donors (Lipinski definition) is 3. The lowest BCUT2D eigenvalue weighted by Crippen LogP contribution is -2.35. The fourth-order valence-electron chi connectivity index (χ4n) is 4.69. The van der Waals surface area contributed by atoms with Crippen LogP contribution in [0.15, 0.2) is 36.7 Å². The molecule has 3 heterocycles. The first-order valence-corrected chi connectivity index (χ1v) is 11.7. The first kappa shape index (κ1) is 31.3. The molecular formula is C25H33F3N5O4+. The van der Waals surface area contributed by atoms with Gasteiger partial charge in [-0.3, -0.25) is 24.3 Å². The summed E-state index contributed by atoms with van der Waals surface area (Å²) in [5, 5.41) is 15.8. The summed E-state index contributed by atoms with van der Waals surface area (Å²) in [5.41, 5.74) is 4.67. The van der Waals surface area contributed by atoms with Crippen LogP contribution >= 0.6 is 0 Å². The molecule has 12 heteroatoms. The Balaban J connectivity index is 0.000000895. The number of carbonyl (C=O) groups excluding carboxylic acids is 1. The van der Waals surface area contributed by atoms with Gasteiger partial charge in [-0.2, -0.15) is 5.26 Å². The lowest BCUT2D eigenvalue weighted by molar-refractivity contribution is -0.396. The Morgan fingerprint density at radius 2 is 1.84 bits per heavy atom. The predicted molar refractivity (Wildman–Crippen MR) is 133 cm³/mol. The summed E-state index contributed by atoms with van der Waals surface area (Å²) in [5.74, 6) is 1.39. The van der Waals surface area contributed by atoms with Crippen LogP contribution in [-0.4, -0.2) is 57.3 Å². The SMILES string of the molecule is C[N+]1=CC(CCCCC2CCN(c3ncc(C(=O)NO)cn3)CC2)c2ccccc21.F.F.OOC#CF. The molecular weight excluding hydrogens is 491 g/mol. The molecule has 2 aliphatic rings. The first-order valence-electron chi connectivity index (χ1n) is 11.7. The van der Waals surface area contributed by atoms with E-state index in [9.17, 15) is 9.18 Å². The van der Waals surface area contributed by atoms with E-state index in [1.165, 1.54) is 55.4 Å². The van der Waals surface area contributed by atoms with Gasteiger partial charge in [0.2, 0.25) is 11.6 Å². The number of para-hydroxylation sites is 1. The van der Waals surface area contributed by atoms with E-state index in [0.29, 0.717) is 11.9 Å². The van der Waals surface area contributed by atoms with Gasteiger partial charge in [0.05, 0.1) is 11.5 Å². The number of halogens is 3. The molecule has 1 saturated heterocycles. The quantitative estimate of drug-likeness (QED) is 0.124. The molecule has 1 amide bonds. The Morgan fingerprint density at radius 1 is 1.19 bits per heavy atom. The summed E-state index contributed by atoms with van der Waals surface area (Å²) in [4.78, 5) is 25.1. The third-order valence-electron chi connectivity index (χ3n) is 6.48. The van der Waals surface area contributed by atoms with Gasteiger partial charge in [-0.25, -0.2) is 20.0 Å². The van der Waals surface area contributed by atoms with Crippen molar-refractivity contribution in [2.24, 2.45) is 5.92 Å². The molecule has 1 fully saturated rings. The summed E-state index contributed by atoms with van der Waals surface area (Å²) in [7, 11) is 2.14. The highest BCUT2D eigenvalue weighted by atomic mass is 19.1. The van der Waals surface area contributed by atoms with Gasteiger partial charge in [0.25, 0.3) is 5.91 Å². The second kappa shape index (κ2) is 16.1. The molecule has 1 aromatic carbocycles. The second-order valence-corrected chi connectivity index (χ2v) is 8.64. The summed E-state index contributed by atoms with van der Waals surface area (Å²) < 4.78 is 12.6. The van der Waals surface area contributed by atoms with Crippen LogP contribution in [-0.2, 0) is 4.89 Å². The molecule has 1 unspecified atom stereocenters. The minimum atomic E-state index is -0.592. The summed E-state index contributed by atoms with van der Waals surface area (Å²) in [6.07, 6.45) is 14.7. The van der Waals surface area contributed by atoms with E-state index >= 15 is 0 Å². The molecule has 202 valence electrons.